The number of hydrogen-bond donors (Lipinski definition) is 3. The van der Waals surface area contributed by atoms with Crippen molar-refractivity contribution in [2.24, 2.45) is 5.84 Å². The molecule has 2 rings (SSSR count). The van der Waals surface area contributed by atoms with Gasteiger partial charge < -0.3 is 9.95 Å². The number of pyridine rings is 1. The van der Waals surface area contributed by atoms with E-state index >= 15 is 0 Å². The van der Waals surface area contributed by atoms with E-state index < -0.39 is 10.0 Å². The smallest absolute Gasteiger partial charge is 0.244 e. The number of nitrogens with two attached hydrogens (primary N) is 1. The molecule has 0 bridgehead atoms. The molecule has 0 aliphatic rings. The number of nitrogens with one attached hydrogen (secondary N) is 2. The first-order valence-electron chi connectivity index (χ1n) is 5.22. The molecular formula is C9H12N6O3S. The van der Waals surface area contributed by atoms with E-state index in [0.29, 0.717) is 5.89 Å². The van der Waals surface area contributed by atoms with Crippen LogP contribution in [0.15, 0.2) is 27.9 Å². The number of aryl methyl sites for hydroxylation is 1. The van der Waals surface area contributed by atoms with Crippen molar-refractivity contribution in [1.29, 1.82) is 0 Å². The van der Waals surface area contributed by atoms with E-state index in [2.05, 4.69) is 25.3 Å². The summed E-state index contributed by atoms with van der Waals surface area (Å²) >= 11 is 0. The summed E-state index contributed by atoms with van der Waals surface area (Å²) in [5, 5.41) is 3.59. The number of nitrogens with zero attached hydrogens (tertiary/aromatic N) is 3. The molecule has 2 aromatic rings. The lowest BCUT2D eigenvalue weighted by Gasteiger charge is -2.08. The van der Waals surface area contributed by atoms with E-state index in [0.717, 1.165) is 0 Å². The Bertz CT molecular complexity index is 668. The third kappa shape index (κ3) is 3.05. The first-order valence-corrected chi connectivity index (χ1v) is 6.71. The highest BCUT2D eigenvalue weighted by molar-refractivity contribution is 7.89. The van der Waals surface area contributed by atoms with E-state index in [1.807, 2.05) is 0 Å². The Balaban J connectivity index is 2.18. The van der Waals surface area contributed by atoms with Crippen molar-refractivity contribution in [3.63, 3.8) is 0 Å². The fourth-order valence-electron chi connectivity index (χ4n) is 1.36. The first-order chi connectivity index (χ1) is 9.03. The van der Waals surface area contributed by atoms with Crippen LogP contribution in [0.5, 0.6) is 0 Å². The molecule has 2 aromatic heterocycles. The van der Waals surface area contributed by atoms with Crippen LogP contribution in [0.3, 0.4) is 0 Å². The lowest BCUT2D eigenvalue weighted by atomic mass is 10.4. The summed E-state index contributed by atoms with van der Waals surface area (Å²) < 4.78 is 31.2. The second kappa shape index (κ2) is 5.30. The highest BCUT2D eigenvalue weighted by atomic mass is 32.2. The summed E-state index contributed by atoms with van der Waals surface area (Å²) in [5.41, 5.74) is 2.54. The number of sulfonamides is 1. The number of anilines is 1. The minimum atomic E-state index is -3.77. The molecule has 0 spiro atoms. The second-order valence-electron chi connectivity index (χ2n) is 3.57. The summed E-state index contributed by atoms with van der Waals surface area (Å²) in [6.45, 7) is 1.53. The minimum Gasteiger partial charge on any atom is -0.340 e. The molecule has 0 aliphatic carbocycles. The summed E-state index contributed by atoms with van der Waals surface area (Å²) in [4.78, 5) is 7.59. The molecule has 0 saturated carbocycles. The van der Waals surface area contributed by atoms with Crippen molar-refractivity contribution in [1.82, 2.24) is 19.8 Å². The molecule has 0 saturated heterocycles. The zero-order valence-corrected chi connectivity index (χ0v) is 10.8. The monoisotopic (exact) mass is 284 g/mol. The zero-order valence-electron chi connectivity index (χ0n) is 9.99. The van der Waals surface area contributed by atoms with Crippen LogP contribution in [0, 0.1) is 6.92 Å². The summed E-state index contributed by atoms with van der Waals surface area (Å²) in [7, 11) is -3.77. The van der Waals surface area contributed by atoms with Gasteiger partial charge in [0.15, 0.2) is 5.82 Å². The van der Waals surface area contributed by atoms with Crippen molar-refractivity contribution in [3.8, 4) is 0 Å². The van der Waals surface area contributed by atoms with Gasteiger partial charge in [-0.1, -0.05) is 5.16 Å². The van der Waals surface area contributed by atoms with Gasteiger partial charge in [-0.05, 0) is 6.07 Å². The van der Waals surface area contributed by atoms with E-state index in [1.165, 1.54) is 18.5 Å². The predicted octanol–water partition coefficient (Wildman–Crippen LogP) is -0.463. The van der Waals surface area contributed by atoms with E-state index in [1.54, 1.807) is 6.92 Å². The number of rotatable bonds is 5. The van der Waals surface area contributed by atoms with Gasteiger partial charge in [0.05, 0.1) is 12.2 Å². The van der Waals surface area contributed by atoms with E-state index in [4.69, 9.17) is 10.4 Å². The van der Waals surface area contributed by atoms with E-state index in [9.17, 15) is 8.42 Å². The van der Waals surface area contributed by atoms with Crippen LogP contribution in [0.25, 0.3) is 0 Å². The average Bonchev–Trinajstić information content (AvgIpc) is 2.82. The summed E-state index contributed by atoms with van der Waals surface area (Å²) in [6, 6.07) is 1.45. The largest absolute Gasteiger partial charge is 0.340 e. The van der Waals surface area contributed by atoms with E-state index in [-0.39, 0.29) is 23.0 Å². The van der Waals surface area contributed by atoms with Gasteiger partial charge >= 0.3 is 0 Å². The Morgan fingerprint density at radius 2 is 2.26 bits per heavy atom. The van der Waals surface area contributed by atoms with Crippen molar-refractivity contribution in [3.05, 3.63) is 30.2 Å². The van der Waals surface area contributed by atoms with Gasteiger partial charge in [-0.25, -0.2) is 13.1 Å². The van der Waals surface area contributed by atoms with Crippen LogP contribution in [0.1, 0.15) is 11.7 Å². The molecule has 19 heavy (non-hydrogen) atoms. The molecular weight excluding hydrogens is 272 g/mol. The Labute approximate surface area is 109 Å². The lowest BCUT2D eigenvalue weighted by Crippen LogP contribution is -2.25. The van der Waals surface area contributed by atoms with Crippen LogP contribution < -0.4 is 16.0 Å². The molecule has 102 valence electrons. The molecule has 9 nitrogen and oxygen atoms in total. The SMILES string of the molecule is Cc1nc(CNS(=O)(=O)c2cnccc2NN)no1. The number of hydrazine groups is 1. The van der Waals surface area contributed by atoms with Gasteiger partial charge in [-0.15, -0.1) is 0 Å². The Morgan fingerprint density at radius 1 is 1.47 bits per heavy atom. The Kier molecular flexibility index (Phi) is 3.74. The van der Waals surface area contributed by atoms with Gasteiger partial charge in [-0.3, -0.25) is 10.8 Å². The highest BCUT2D eigenvalue weighted by Gasteiger charge is 2.19. The molecule has 4 N–H and O–H groups in total. The Hall–Kier alpha value is -2.04. The van der Waals surface area contributed by atoms with Crippen molar-refractivity contribution >= 4 is 15.7 Å². The number of aromatic nitrogens is 3. The van der Waals surface area contributed by atoms with Gasteiger partial charge in [-0.2, -0.15) is 4.98 Å². The normalized spacial score (nSPS) is 11.5. The second-order valence-corrected chi connectivity index (χ2v) is 5.31. The molecule has 0 aliphatic heterocycles. The van der Waals surface area contributed by atoms with Crippen LogP contribution in [0.4, 0.5) is 5.69 Å². The zero-order chi connectivity index (χ0) is 13.9. The van der Waals surface area contributed by atoms with Gasteiger partial charge in [0.2, 0.25) is 15.9 Å². The van der Waals surface area contributed by atoms with Gasteiger partial charge in [0, 0.05) is 19.3 Å². The quantitative estimate of drug-likeness (QED) is 0.495. The molecule has 0 unspecified atom stereocenters. The predicted molar refractivity (Wildman–Crippen MR) is 65.1 cm³/mol. The molecule has 10 heteroatoms. The maximum atomic E-state index is 12.1. The topological polar surface area (TPSA) is 136 Å². The van der Waals surface area contributed by atoms with Gasteiger partial charge in [0.25, 0.3) is 0 Å². The van der Waals surface area contributed by atoms with Crippen LogP contribution >= 0.6 is 0 Å². The first kappa shape index (κ1) is 13.4. The fraction of sp³-hybridized carbons (Fsp3) is 0.222. The molecule has 0 atom stereocenters. The lowest BCUT2D eigenvalue weighted by molar-refractivity contribution is 0.387. The molecule has 0 radical (unpaired) electrons. The molecule has 2 heterocycles. The standard InChI is InChI=1S/C9H12N6O3S/c1-6-13-9(15-18-6)5-12-19(16,17)8-4-11-3-2-7(8)14-10/h2-4,12H,5,10H2,1H3,(H,11,14). The van der Waals surface area contributed by atoms with Crippen LogP contribution in [0.2, 0.25) is 0 Å². The summed E-state index contributed by atoms with van der Waals surface area (Å²) in [5.74, 6) is 5.85. The molecule has 0 aromatic carbocycles. The van der Waals surface area contributed by atoms with Crippen LogP contribution in [-0.2, 0) is 16.6 Å². The maximum Gasteiger partial charge on any atom is 0.244 e. The highest BCUT2D eigenvalue weighted by Crippen LogP contribution is 2.18. The van der Waals surface area contributed by atoms with Crippen molar-refractivity contribution < 1.29 is 12.9 Å². The summed E-state index contributed by atoms with van der Waals surface area (Å²) in [6.07, 6.45) is 2.62. The molecule has 0 fully saturated rings. The van der Waals surface area contributed by atoms with Crippen molar-refractivity contribution in [2.45, 2.75) is 18.4 Å². The Morgan fingerprint density at radius 3 is 2.89 bits per heavy atom. The molecule has 0 amide bonds. The third-order valence-corrected chi connectivity index (χ3v) is 3.65. The fourth-order valence-corrected chi connectivity index (χ4v) is 2.45. The van der Waals surface area contributed by atoms with Gasteiger partial charge in [0.1, 0.15) is 4.90 Å². The average molecular weight is 284 g/mol. The number of hydrogen-bond acceptors (Lipinski definition) is 8. The minimum absolute atomic E-state index is 0.0577. The third-order valence-electron chi connectivity index (χ3n) is 2.22. The van der Waals surface area contributed by atoms with Crippen molar-refractivity contribution in [2.75, 3.05) is 5.43 Å². The maximum absolute atomic E-state index is 12.1. The number of nitrogen functional groups attached to an aromatic ring is 1. The van der Waals surface area contributed by atoms with Crippen LogP contribution in [-0.4, -0.2) is 23.5 Å².